The molecule has 0 radical (unpaired) electrons. The molecule has 0 heterocycles. The summed E-state index contributed by atoms with van der Waals surface area (Å²) in [6.07, 6.45) is 2.30. The summed E-state index contributed by atoms with van der Waals surface area (Å²) < 4.78 is 0.801. The van der Waals surface area contributed by atoms with Gasteiger partial charge in [-0.05, 0) is 18.6 Å². The fourth-order valence-electron chi connectivity index (χ4n) is 1.18. The minimum atomic E-state index is -0.275. The van der Waals surface area contributed by atoms with Crippen LogP contribution in [-0.4, -0.2) is 5.11 Å². The van der Waals surface area contributed by atoms with E-state index in [-0.39, 0.29) is 11.8 Å². The summed E-state index contributed by atoms with van der Waals surface area (Å²) in [5, 5.41) is 9.95. The van der Waals surface area contributed by atoms with E-state index in [0.717, 1.165) is 4.47 Å². The van der Waals surface area contributed by atoms with E-state index in [1.54, 1.807) is 18.2 Å². The molecule has 0 fully saturated rings. The van der Waals surface area contributed by atoms with Crippen LogP contribution in [0.1, 0.15) is 18.0 Å². The zero-order valence-corrected chi connectivity index (χ0v) is 9.85. The van der Waals surface area contributed by atoms with Gasteiger partial charge in [-0.3, -0.25) is 0 Å². The van der Waals surface area contributed by atoms with Gasteiger partial charge < -0.3 is 10.8 Å². The van der Waals surface area contributed by atoms with E-state index < -0.39 is 0 Å². The molecule has 1 rings (SSSR count). The van der Waals surface area contributed by atoms with Crippen LogP contribution in [0.4, 0.5) is 0 Å². The maximum absolute atomic E-state index is 9.65. The van der Waals surface area contributed by atoms with Crippen molar-refractivity contribution in [3.8, 4) is 5.75 Å². The predicted octanol–water partition coefficient (Wildman–Crippen LogP) is 3.38. The Morgan fingerprint density at radius 1 is 1.64 bits per heavy atom. The smallest absolute Gasteiger partial charge is 0.139 e. The van der Waals surface area contributed by atoms with Crippen molar-refractivity contribution in [2.75, 3.05) is 0 Å². The van der Waals surface area contributed by atoms with Gasteiger partial charge in [0.25, 0.3) is 0 Å². The van der Waals surface area contributed by atoms with E-state index >= 15 is 0 Å². The SMILES string of the molecule is C=CC[C@@H](N)c1cc(Br)cc(Cl)c1O. The van der Waals surface area contributed by atoms with E-state index in [9.17, 15) is 5.11 Å². The molecule has 14 heavy (non-hydrogen) atoms. The standard InChI is InChI=1S/C10H11BrClNO/c1-2-3-9(13)7-4-6(11)5-8(12)10(7)14/h2,4-5,9,14H,1,3,13H2/t9-/m1/s1. The first-order valence-corrected chi connectivity index (χ1v) is 5.27. The van der Waals surface area contributed by atoms with Crippen LogP contribution in [0.2, 0.25) is 5.02 Å². The molecule has 76 valence electrons. The third-order valence-corrected chi connectivity index (χ3v) is 2.62. The fourth-order valence-corrected chi connectivity index (χ4v) is 2.01. The van der Waals surface area contributed by atoms with Gasteiger partial charge in [0, 0.05) is 16.1 Å². The molecule has 3 N–H and O–H groups in total. The van der Waals surface area contributed by atoms with Gasteiger partial charge in [0.1, 0.15) is 5.75 Å². The van der Waals surface area contributed by atoms with Crippen molar-refractivity contribution in [3.05, 3.63) is 39.8 Å². The number of hydrogen-bond donors (Lipinski definition) is 2. The Labute approximate surface area is 96.5 Å². The van der Waals surface area contributed by atoms with Gasteiger partial charge in [-0.2, -0.15) is 0 Å². The van der Waals surface area contributed by atoms with Crippen LogP contribution in [0, 0.1) is 0 Å². The van der Waals surface area contributed by atoms with E-state index in [0.29, 0.717) is 17.0 Å². The lowest BCUT2D eigenvalue weighted by Gasteiger charge is -2.13. The Bertz CT molecular complexity index is 354. The number of halogens is 2. The molecule has 0 unspecified atom stereocenters. The Morgan fingerprint density at radius 2 is 2.29 bits per heavy atom. The average Bonchev–Trinajstić information content (AvgIpc) is 2.11. The molecule has 0 bridgehead atoms. The highest BCUT2D eigenvalue weighted by molar-refractivity contribution is 9.10. The van der Waals surface area contributed by atoms with Gasteiger partial charge in [-0.15, -0.1) is 6.58 Å². The summed E-state index contributed by atoms with van der Waals surface area (Å²) in [5.74, 6) is 0.0456. The maximum Gasteiger partial charge on any atom is 0.139 e. The second-order valence-electron chi connectivity index (χ2n) is 2.96. The van der Waals surface area contributed by atoms with Crippen molar-refractivity contribution in [1.29, 1.82) is 0 Å². The van der Waals surface area contributed by atoms with E-state index in [1.165, 1.54) is 0 Å². The normalized spacial score (nSPS) is 12.5. The Hall–Kier alpha value is -0.510. The van der Waals surface area contributed by atoms with Crippen LogP contribution in [0.5, 0.6) is 5.75 Å². The number of phenols is 1. The number of benzene rings is 1. The Kier molecular flexibility index (Phi) is 3.98. The van der Waals surface area contributed by atoms with Gasteiger partial charge in [0.15, 0.2) is 0 Å². The highest BCUT2D eigenvalue weighted by Crippen LogP contribution is 2.35. The predicted molar refractivity (Wildman–Crippen MR) is 62.6 cm³/mol. The lowest BCUT2D eigenvalue weighted by molar-refractivity contribution is 0.462. The van der Waals surface area contributed by atoms with E-state index in [2.05, 4.69) is 22.5 Å². The molecule has 2 nitrogen and oxygen atoms in total. The summed E-state index contributed by atoms with van der Waals surface area (Å²) in [7, 11) is 0. The zero-order valence-electron chi connectivity index (χ0n) is 7.50. The monoisotopic (exact) mass is 275 g/mol. The molecule has 1 atom stereocenters. The fraction of sp³-hybridized carbons (Fsp3) is 0.200. The van der Waals surface area contributed by atoms with Crippen molar-refractivity contribution in [2.24, 2.45) is 5.73 Å². The first kappa shape index (κ1) is 11.6. The van der Waals surface area contributed by atoms with Crippen LogP contribution in [0.25, 0.3) is 0 Å². The molecule has 1 aromatic carbocycles. The largest absolute Gasteiger partial charge is 0.506 e. The molecule has 1 aromatic rings. The van der Waals surface area contributed by atoms with Crippen LogP contribution in [0.15, 0.2) is 29.3 Å². The minimum Gasteiger partial charge on any atom is -0.506 e. The van der Waals surface area contributed by atoms with Gasteiger partial charge >= 0.3 is 0 Å². The lowest BCUT2D eigenvalue weighted by atomic mass is 10.0. The maximum atomic E-state index is 9.65. The molecule has 0 spiro atoms. The molecule has 0 saturated heterocycles. The van der Waals surface area contributed by atoms with Gasteiger partial charge in [-0.1, -0.05) is 33.6 Å². The molecule has 0 amide bonds. The number of phenolic OH excluding ortho intramolecular Hbond substituents is 1. The quantitative estimate of drug-likeness (QED) is 0.831. The van der Waals surface area contributed by atoms with Gasteiger partial charge in [0.05, 0.1) is 5.02 Å². The molecule has 0 aromatic heterocycles. The minimum absolute atomic E-state index is 0.0456. The zero-order chi connectivity index (χ0) is 10.7. The molecule has 0 aliphatic carbocycles. The molecular formula is C10H11BrClNO. The summed E-state index contributed by atoms with van der Waals surface area (Å²) >= 11 is 9.09. The third-order valence-electron chi connectivity index (χ3n) is 1.88. The second kappa shape index (κ2) is 4.82. The van der Waals surface area contributed by atoms with E-state index in [1.807, 2.05) is 0 Å². The number of hydrogen-bond acceptors (Lipinski definition) is 2. The molecule has 0 saturated carbocycles. The lowest BCUT2D eigenvalue weighted by Crippen LogP contribution is -2.09. The molecule has 4 heteroatoms. The molecule has 0 aliphatic rings. The van der Waals surface area contributed by atoms with Crippen molar-refractivity contribution in [3.63, 3.8) is 0 Å². The summed E-state index contributed by atoms with van der Waals surface area (Å²) in [6.45, 7) is 3.59. The Morgan fingerprint density at radius 3 is 2.86 bits per heavy atom. The van der Waals surface area contributed by atoms with Crippen LogP contribution < -0.4 is 5.73 Å². The van der Waals surface area contributed by atoms with Gasteiger partial charge in [0.2, 0.25) is 0 Å². The van der Waals surface area contributed by atoms with Crippen LogP contribution in [-0.2, 0) is 0 Å². The number of nitrogens with two attached hydrogens (primary N) is 1. The highest BCUT2D eigenvalue weighted by Gasteiger charge is 2.13. The summed E-state index contributed by atoms with van der Waals surface area (Å²) in [5.41, 5.74) is 6.46. The summed E-state index contributed by atoms with van der Waals surface area (Å²) in [4.78, 5) is 0. The number of aromatic hydroxyl groups is 1. The second-order valence-corrected chi connectivity index (χ2v) is 4.28. The van der Waals surface area contributed by atoms with Crippen molar-refractivity contribution < 1.29 is 5.11 Å². The van der Waals surface area contributed by atoms with E-state index in [4.69, 9.17) is 17.3 Å². The first-order valence-electron chi connectivity index (χ1n) is 4.10. The topological polar surface area (TPSA) is 46.2 Å². The average molecular weight is 277 g/mol. The summed E-state index contributed by atoms with van der Waals surface area (Å²) in [6, 6.07) is 3.11. The molecule has 0 aliphatic heterocycles. The Balaban J connectivity index is 3.12. The van der Waals surface area contributed by atoms with Crippen molar-refractivity contribution in [1.82, 2.24) is 0 Å². The van der Waals surface area contributed by atoms with Crippen molar-refractivity contribution >= 4 is 27.5 Å². The first-order chi connectivity index (χ1) is 6.56. The van der Waals surface area contributed by atoms with Gasteiger partial charge in [-0.25, -0.2) is 0 Å². The molecular weight excluding hydrogens is 265 g/mol. The third kappa shape index (κ3) is 2.50. The highest BCUT2D eigenvalue weighted by atomic mass is 79.9. The van der Waals surface area contributed by atoms with Crippen molar-refractivity contribution in [2.45, 2.75) is 12.5 Å². The van der Waals surface area contributed by atoms with Crippen LogP contribution >= 0.6 is 27.5 Å². The van der Waals surface area contributed by atoms with Crippen LogP contribution in [0.3, 0.4) is 0 Å². The number of rotatable bonds is 3.